The molecule has 0 saturated heterocycles. The molecule has 196 valence electrons. The maximum Gasteiger partial charge on any atom is 0.264 e. The summed E-state index contributed by atoms with van der Waals surface area (Å²) in [5.41, 5.74) is 6.40. The minimum Gasteiger partial charge on any atom is -0.497 e. The molecule has 1 amide bonds. The van der Waals surface area contributed by atoms with Gasteiger partial charge in [0.05, 0.1) is 23.9 Å². The molecular formula is C28H27ClN4O4S. The summed E-state index contributed by atoms with van der Waals surface area (Å²) in [6.07, 6.45) is 1.53. The van der Waals surface area contributed by atoms with E-state index in [-0.39, 0.29) is 4.90 Å². The Balaban J connectivity index is 1.53. The van der Waals surface area contributed by atoms with E-state index in [1.54, 1.807) is 42.5 Å². The number of rotatable bonds is 9. The SMILES string of the molecule is COc1ccc(S(=O)(=O)N(CC(=O)N/N=C/c2cc(C)n(-c3cccc(Cl)c3)c2C)c2ccccc2)cc1. The fourth-order valence-corrected chi connectivity index (χ4v) is 5.66. The molecule has 0 aliphatic carbocycles. The minimum absolute atomic E-state index is 0.0342. The number of carbonyl (C=O) groups excluding carboxylic acids is 1. The van der Waals surface area contributed by atoms with Crippen molar-refractivity contribution in [3.05, 3.63) is 107 Å². The number of sulfonamides is 1. The lowest BCUT2D eigenvalue weighted by atomic mass is 10.2. The van der Waals surface area contributed by atoms with Gasteiger partial charge in [-0.05, 0) is 74.5 Å². The number of hydrogen-bond acceptors (Lipinski definition) is 5. The van der Waals surface area contributed by atoms with Crippen LogP contribution < -0.4 is 14.5 Å². The van der Waals surface area contributed by atoms with Crippen LogP contribution in [0.5, 0.6) is 5.75 Å². The fraction of sp³-hybridized carbons (Fsp3) is 0.143. The molecule has 0 aliphatic heterocycles. The number of hydrazone groups is 1. The third-order valence-corrected chi connectivity index (χ3v) is 7.93. The predicted molar refractivity (Wildman–Crippen MR) is 150 cm³/mol. The third-order valence-electron chi connectivity index (χ3n) is 5.91. The number of aromatic nitrogens is 1. The molecule has 0 atom stereocenters. The topological polar surface area (TPSA) is 93.0 Å². The maximum absolute atomic E-state index is 13.5. The number of benzene rings is 3. The zero-order valence-electron chi connectivity index (χ0n) is 21.1. The first-order chi connectivity index (χ1) is 18.2. The summed E-state index contributed by atoms with van der Waals surface area (Å²) in [6.45, 7) is 3.44. The number of para-hydroxylation sites is 1. The molecule has 10 heteroatoms. The summed E-state index contributed by atoms with van der Waals surface area (Å²) < 4.78 is 35.1. The van der Waals surface area contributed by atoms with Crippen molar-refractivity contribution in [3.8, 4) is 11.4 Å². The van der Waals surface area contributed by atoms with Crippen LogP contribution in [0.3, 0.4) is 0 Å². The number of anilines is 1. The number of carbonyl (C=O) groups is 1. The molecule has 1 aromatic heterocycles. The molecular weight excluding hydrogens is 524 g/mol. The second-order valence-electron chi connectivity index (χ2n) is 8.46. The monoisotopic (exact) mass is 550 g/mol. The molecule has 0 fully saturated rings. The van der Waals surface area contributed by atoms with Gasteiger partial charge in [0, 0.05) is 27.7 Å². The van der Waals surface area contributed by atoms with Crippen molar-refractivity contribution in [2.45, 2.75) is 18.7 Å². The van der Waals surface area contributed by atoms with Gasteiger partial charge in [-0.15, -0.1) is 0 Å². The number of nitrogens with zero attached hydrogens (tertiary/aromatic N) is 3. The molecule has 4 aromatic rings. The first kappa shape index (κ1) is 27.0. The molecule has 0 aliphatic rings. The number of aryl methyl sites for hydroxylation is 1. The number of ether oxygens (including phenoxy) is 1. The van der Waals surface area contributed by atoms with Gasteiger partial charge in [0.25, 0.3) is 15.9 Å². The average molecular weight is 551 g/mol. The van der Waals surface area contributed by atoms with E-state index in [2.05, 4.69) is 10.5 Å². The molecule has 8 nitrogen and oxygen atoms in total. The summed E-state index contributed by atoms with van der Waals surface area (Å²) >= 11 is 6.16. The van der Waals surface area contributed by atoms with E-state index in [4.69, 9.17) is 16.3 Å². The third kappa shape index (κ3) is 5.90. The van der Waals surface area contributed by atoms with Crippen molar-refractivity contribution in [1.29, 1.82) is 0 Å². The summed E-state index contributed by atoms with van der Waals surface area (Å²) in [6, 6.07) is 23.9. The Kier molecular flexibility index (Phi) is 8.19. The minimum atomic E-state index is -4.04. The highest BCUT2D eigenvalue weighted by molar-refractivity contribution is 7.92. The van der Waals surface area contributed by atoms with E-state index in [0.717, 1.165) is 26.9 Å². The van der Waals surface area contributed by atoms with Gasteiger partial charge < -0.3 is 9.30 Å². The van der Waals surface area contributed by atoms with E-state index in [1.807, 2.05) is 48.7 Å². The fourth-order valence-electron chi connectivity index (χ4n) is 4.05. The molecule has 1 N–H and O–H groups in total. The highest BCUT2D eigenvalue weighted by Crippen LogP contribution is 2.25. The molecule has 0 unspecified atom stereocenters. The van der Waals surface area contributed by atoms with Gasteiger partial charge in [-0.3, -0.25) is 9.10 Å². The smallest absolute Gasteiger partial charge is 0.264 e. The van der Waals surface area contributed by atoms with E-state index >= 15 is 0 Å². The summed E-state index contributed by atoms with van der Waals surface area (Å²) in [5.74, 6) is -0.0668. The Labute approximate surface area is 227 Å². The molecule has 0 saturated carbocycles. The van der Waals surface area contributed by atoms with E-state index < -0.39 is 22.5 Å². The van der Waals surface area contributed by atoms with Crippen LogP contribution in [0.4, 0.5) is 5.69 Å². The van der Waals surface area contributed by atoms with E-state index in [1.165, 1.54) is 25.5 Å². The van der Waals surface area contributed by atoms with Gasteiger partial charge in [0.1, 0.15) is 12.3 Å². The Bertz CT molecular complexity index is 1570. The molecule has 4 rings (SSSR count). The molecule has 0 spiro atoms. The van der Waals surface area contributed by atoms with Gasteiger partial charge in [-0.25, -0.2) is 13.8 Å². The van der Waals surface area contributed by atoms with Crippen molar-refractivity contribution >= 4 is 39.4 Å². The molecule has 0 radical (unpaired) electrons. The van der Waals surface area contributed by atoms with Crippen LogP contribution in [0.2, 0.25) is 5.02 Å². The summed E-state index contributed by atoms with van der Waals surface area (Å²) in [5, 5.41) is 4.72. The zero-order chi connectivity index (χ0) is 27.3. The van der Waals surface area contributed by atoms with Crippen LogP contribution in [-0.2, 0) is 14.8 Å². The Morgan fingerprint density at radius 2 is 1.74 bits per heavy atom. The number of halogens is 1. The number of hydrogen-bond donors (Lipinski definition) is 1. The van der Waals surface area contributed by atoms with Gasteiger partial charge in [0.15, 0.2) is 0 Å². The predicted octanol–water partition coefficient (Wildman–Crippen LogP) is 5.10. The summed E-state index contributed by atoms with van der Waals surface area (Å²) in [4.78, 5) is 12.9. The normalized spacial score (nSPS) is 11.5. The van der Waals surface area contributed by atoms with Crippen molar-refractivity contribution in [3.63, 3.8) is 0 Å². The van der Waals surface area contributed by atoms with Gasteiger partial charge in [0.2, 0.25) is 0 Å². The lowest BCUT2D eigenvalue weighted by Crippen LogP contribution is -2.39. The first-order valence-electron chi connectivity index (χ1n) is 11.7. The van der Waals surface area contributed by atoms with Crippen molar-refractivity contribution < 1.29 is 17.9 Å². The Morgan fingerprint density at radius 3 is 2.39 bits per heavy atom. The molecule has 1 heterocycles. The van der Waals surface area contributed by atoms with E-state index in [9.17, 15) is 13.2 Å². The second kappa shape index (κ2) is 11.5. The van der Waals surface area contributed by atoms with Gasteiger partial charge >= 0.3 is 0 Å². The van der Waals surface area contributed by atoms with Crippen LogP contribution in [0.1, 0.15) is 17.0 Å². The average Bonchev–Trinajstić information content (AvgIpc) is 3.20. The number of nitrogens with one attached hydrogen (secondary N) is 1. The van der Waals surface area contributed by atoms with Crippen molar-refractivity contribution in [1.82, 2.24) is 9.99 Å². The van der Waals surface area contributed by atoms with Gasteiger partial charge in [-0.1, -0.05) is 35.9 Å². The highest BCUT2D eigenvalue weighted by atomic mass is 35.5. The van der Waals surface area contributed by atoms with Crippen LogP contribution >= 0.6 is 11.6 Å². The molecule has 3 aromatic carbocycles. The number of amides is 1. The van der Waals surface area contributed by atoms with Gasteiger partial charge in [-0.2, -0.15) is 5.10 Å². The lowest BCUT2D eigenvalue weighted by Gasteiger charge is -2.23. The van der Waals surface area contributed by atoms with E-state index in [0.29, 0.717) is 16.5 Å². The van der Waals surface area contributed by atoms with Crippen molar-refractivity contribution in [2.75, 3.05) is 18.0 Å². The van der Waals surface area contributed by atoms with Crippen LogP contribution in [0, 0.1) is 13.8 Å². The Hall–Kier alpha value is -4.08. The number of methoxy groups -OCH3 is 1. The zero-order valence-corrected chi connectivity index (χ0v) is 22.7. The van der Waals surface area contributed by atoms with Crippen LogP contribution in [-0.4, -0.2) is 38.8 Å². The first-order valence-corrected chi connectivity index (χ1v) is 13.5. The highest BCUT2D eigenvalue weighted by Gasteiger charge is 2.27. The van der Waals surface area contributed by atoms with Crippen LogP contribution in [0.25, 0.3) is 5.69 Å². The molecule has 38 heavy (non-hydrogen) atoms. The van der Waals surface area contributed by atoms with Crippen LogP contribution in [0.15, 0.2) is 94.9 Å². The maximum atomic E-state index is 13.5. The summed E-state index contributed by atoms with van der Waals surface area (Å²) in [7, 11) is -2.54. The standard InChI is InChI=1S/C28H27ClN4O4S/c1-20-16-22(21(2)33(20)25-11-7-8-23(29)17-25)18-30-31-28(34)19-32(24-9-5-4-6-10-24)38(35,36)27-14-12-26(37-3)13-15-27/h4-18H,19H2,1-3H3,(H,31,34)/b30-18+. The Morgan fingerprint density at radius 1 is 1.03 bits per heavy atom. The largest absolute Gasteiger partial charge is 0.497 e. The van der Waals surface area contributed by atoms with Crippen molar-refractivity contribution in [2.24, 2.45) is 5.10 Å². The lowest BCUT2D eigenvalue weighted by molar-refractivity contribution is -0.119. The quantitative estimate of drug-likeness (QED) is 0.232. The second-order valence-corrected chi connectivity index (χ2v) is 10.8. The molecule has 0 bridgehead atoms.